The number of aliphatic imine (C=N–C) groups is 1. The van der Waals surface area contributed by atoms with E-state index >= 15 is 0 Å². The summed E-state index contributed by atoms with van der Waals surface area (Å²) in [4.78, 5) is 8.95. The molecule has 2 heterocycles. The maximum Gasteiger partial charge on any atom is 0.193 e. The largest absolute Gasteiger partial charge is 0.379 e. The number of ether oxygens (including phenoxy) is 1. The average Bonchev–Trinajstić information content (AvgIpc) is 3.07. The van der Waals surface area contributed by atoms with Crippen molar-refractivity contribution < 1.29 is 13.5 Å². The number of halogens is 3. The second-order valence-corrected chi connectivity index (χ2v) is 6.65. The molecule has 3 rings (SSSR count). The number of likely N-dealkylation sites (tertiary alicyclic amines) is 1. The van der Waals surface area contributed by atoms with Gasteiger partial charge in [-0.05, 0) is 30.5 Å². The number of hydrogen-bond acceptors (Lipinski definition) is 3. The van der Waals surface area contributed by atoms with Crippen LogP contribution in [0.25, 0.3) is 0 Å². The summed E-state index contributed by atoms with van der Waals surface area (Å²) in [6, 6.07) is 3.51. The number of morpholine rings is 1. The molecule has 0 radical (unpaired) electrons. The Labute approximate surface area is 170 Å². The Bertz CT molecular complexity index is 611. The highest BCUT2D eigenvalue weighted by Gasteiger charge is 2.27. The smallest absolute Gasteiger partial charge is 0.193 e. The molecule has 0 aromatic heterocycles. The van der Waals surface area contributed by atoms with Gasteiger partial charge < -0.3 is 15.0 Å². The fourth-order valence-corrected chi connectivity index (χ4v) is 3.51. The van der Waals surface area contributed by atoms with E-state index in [-0.39, 0.29) is 30.5 Å². The van der Waals surface area contributed by atoms with Gasteiger partial charge in [0.15, 0.2) is 5.96 Å². The number of nitrogens with zero attached hydrogens (tertiary/aromatic N) is 3. The maximum atomic E-state index is 13.7. The molecule has 2 fully saturated rings. The van der Waals surface area contributed by atoms with E-state index in [1.54, 1.807) is 7.05 Å². The molecule has 1 unspecified atom stereocenters. The third kappa shape index (κ3) is 5.75. The minimum atomic E-state index is -0.431. The second-order valence-electron chi connectivity index (χ2n) is 6.65. The Morgan fingerprint density at radius 3 is 2.77 bits per heavy atom. The molecular formula is C18H27F2IN4O. The highest BCUT2D eigenvalue weighted by Crippen LogP contribution is 2.18. The molecule has 0 aliphatic carbocycles. The molecule has 2 saturated heterocycles. The van der Waals surface area contributed by atoms with Crippen LogP contribution >= 0.6 is 24.0 Å². The van der Waals surface area contributed by atoms with Gasteiger partial charge in [-0.15, -0.1) is 24.0 Å². The minimum absolute atomic E-state index is 0. The van der Waals surface area contributed by atoms with Crippen molar-refractivity contribution in [3.05, 3.63) is 35.4 Å². The zero-order chi connectivity index (χ0) is 17.6. The molecular weight excluding hydrogens is 453 g/mol. The van der Waals surface area contributed by atoms with Crippen molar-refractivity contribution in [2.75, 3.05) is 53.0 Å². The Balaban J connectivity index is 0.00000243. The molecule has 26 heavy (non-hydrogen) atoms. The average molecular weight is 480 g/mol. The standard InChI is InChI=1S/C18H26F2N4O.HI/c1-21-18(22-11-15-10-16(19)2-3-17(15)20)24-5-4-14(13-24)12-23-6-8-25-9-7-23;/h2-3,10,14H,4-9,11-13H2,1H3,(H,21,22);1H. The highest BCUT2D eigenvalue weighted by atomic mass is 127. The number of nitrogens with one attached hydrogen (secondary N) is 1. The van der Waals surface area contributed by atoms with Crippen LogP contribution in [-0.2, 0) is 11.3 Å². The van der Waals surface area contributed by atoms with E-state index in [0.717, 1.165) is 70.5 Å². The predicted octanol–water partition coefficient (Wildman–Crippen LogP) is 2.31. The lowest BCUT2D eigenvalue weighted by Gasteiger charge is -2.29. The summed E-state index contributed by atoms with van der Waals surface area (Å²) in [6.45, 7) is 6.81. The van der Waals surface area contributed by atoms with E-state index in [9.17, 15) is 8.78 Å². The van der Waals surface area contributed by atoms with Crippen LogP contribution in [0.3, 0.4) is 0 Å². The zero-order valence-corrected chi connectivity index (χ0v) is 17.4. The van der Waals surface area contributed by atoms with Crippen LogP contribution < -0.4 is 5.32 Å². The quantitative estimate of drug-likeness (QED) is 0.408. The summed E-state index contributed by atoms with van der Waals surface area (Å²) >= 11 is 0. The molecule has 2 aliphatic heterocycles. The molecule has 0 bridgehead atoms. The third-order valence-corrected chi connectivity index (χ3v) is 4.86. The summed E-state index contributed by atoms with van der Waals surface area (Å²) in [5.41, 5.74) is 0.310. The van der Waals surface area contributed by atoms with Crippen molar-refractivity contribution in [3.63, 3.8) is 0 Å². The van der Waals surface area contributed by atoms with Gasteiger partial charge in [-0.3, -0.25) is 9.89 Å². The first-order chi connectivity index (χ1) is 12.2. The number of rotatable bonds is 4. The SMILES string of the molecule is CN=C(NCc1cc(F)ccc1F)N1CCC(CN2CCOCC2)C1.I. The van der Waals surface area contributed by atoms with Gasteiger partial charge in [-0.1, -0.05) is 0 Å². The lowest BCUT2D eigenvalue weighted by Crippen LogP contribution is -2.42. The highest BCUT2D eigenvalue weighted by molar-refractivity contribution is 14.0. The lowest BCUT2D eigenvalue weighted by atomic mass is 10.1. The van der Waals surface area contributed by atoms with Crippen molar-refractivity contribution in [2.24, 2.45) is 10.9 Å². The molecule has 1 aromatic rings. The normalized spacial score (nSPS) is 21.6. The Morgan fingerprint density at radius 2 is 2.04 bits per heavy atom. The first-order valence-corrected chi connectivity index (χ1v) is 8.85. The molecule has 146 valence electrons. The summed E-state index contributed by atoms with van der Waals surface area (Å²) < 4.78 is 32.4. The van der Waals surface area contributed by atoms with E-state index in [2.05, 4.69) is 20.1 Å². The predicted molar refractivity (Wildman–Crippen MR) is 109 cm³/mol. The van der Waals surface area contributed by atoms with Crippen molar-refractivity contribution in [1.82, 2.24) is 15.1 Å². The molecule has 1 N–H and O–H groups in total. The zero-order valence-electron chi connectivity index (χ0n) is 15.1. The van der Waals surface area contributed by atoms with E-state index in [4.69, 9.17) is 4.74 Å². The summed E-state index contributed by atoms with van der Waals surface area (Å²) in [6.07, 6.45) is 1.12. The Hall–Kier alpha value is -1.00. The van der Waals surface area contributed by atoms with Crippen LogP contribution in [0.5, 0.6) is 0 Å². The van der Waals surface area contributed by atoms with Crippen molar-refractivity contribution in [1.29, 1.82) is 0 Å². The van der Waals surface area contributed by atoms with Crippen molar-refractivity contribution in [3.8, 4) is 0 Å². The maximum absolute atomic E-state index is 13.7. The number of guanidine groups is 1. The molecule has 1 atom stereocenters. The van der Waals surface area contributed by atoms with Gasteiger partial charge in [0.2, 0.25) is 0 Å². The van der Waals surface area contributed by atoms with Crippen LogP contribution in [-0.4, -0.2) is 68.7 Å². The van der Waals surface area contributed by atoms with Crippen LogP contribution in [0, 0.1) is 17.6 Å². The topological polar surface area (TPSA) is 40.1 Å². The number of hydrogen-bond donors (Lipinski definition) is 1. The van der Waals surface area contributed by atoms with Crippen molar-refractivity contribution in [2.45, 2.75) is 13.0 Å². The molecule has 1 aromatic carbocycles. The van der Waals surface area contributed by atoms with Gasteiger partial charge in [0, 0.05) is 51.9 Å². The second kappa shape index (κ2) is 10.4. The van der Waals surface area contributed by atoms with Gasteiger partial charge in [-0.2, -0.15) is 0 Å². The van der Waals surface area contributed by atoms with Gasteiger partial charge in [-0.25, -0.2) is 8.78 Å². The van der Waals surface area contributed by atoms with E-state index in [1.807, 2.05) is 0 Å². The van der Waals surface area contributed by atoms with Crippen LogP contribution in [0.1, 0.15) is 12.0 Å². The molecule has 8 heteroatoms. The fraction of sp³-hybridized carbons (Fsp3) is 0.611. The number of benzene rings is 1. The third-order valence-electron chi connectivity index (χ3n) is 4.86. The first kappa shape index (κ1) is 21.3. The van der Waals surface area contributed by atoms with Crippen LogP contribution in [0.15, 0.2) is 23.2 Å². The first-order valence-electron chi connectivity index (χ1n) is 8.85. The lowest BCUT2D eigenvalue weighted by molar-refractivity contribution is 0.0315. The van der Waals surface area contributed by atoms with Crippen molar-refractivity contribution >= 4 is 29.9 Å². The van der Waals surface area contributed by atoms with Gasteiger partial charge in [0.05, 0.1) is 13.2 Å². The monoisotopic (exact) mass is 480 g/mol. The van der Waals surface area contributed by atoms with Crippen LogP contribution in [0.4, 0.5) is 8.78 Å². The van der Waals surface area contributed by atoms with Gasteiger partial charge >= 0.3 is 0 Å². The molecule has 0 saturated carbocycles. The summed E-state index contributed by atoms with van der Waals surface area (Å²) in [5, 5.41) is 3.16. The molecule has 0 amide bonds. The van der Waals surface area contributed by atoms with Gasteiger partial charge in [0.1, 0.15) is 11.6 Å². The van der Waals surface area contributed by atoms with E-state index in [1.165, 1.54) is 6.07 Å². The fourth-order valence-electron chi connectivity index (χ4n) is 3.51. The van der Waals surface area contributed by atoms with E-state index < -0.39 is 11.6 Å². The molecule has 5 nitrogen and oxygen atoms in total. The Morgan fingerprint density at radius 1 is 1.27 bits per heavy atom. The van der Waals surface area contributed by atoms with Gasteiger partial charge in [0.25, 0.3) is 0 Å². The minimum Gasteiger partial charge on any atom is -0.379 e. The van der Waals surface area contributed by atoms with E-state index in [0.29, 0.717) is 11.5 Å². The summed E-state index contributed by atoms with van der Waals surface area (Å²) in [7, 11) is 1.72. The van der Waals surface area contributed by atoms with Crippen LogP contribution in [0.2, 0.25) is 0 Å². The summed E-state index contributed by atoms with van der Waals surface area (Å²) in [5.74, 6) is 0.506. The Kier molecular flexibility index (Phi) is 8.49. The molecule has 0 spiro atoms. The molecule has 2 aliphatic rings.